The molecule has 2 rings (SSSR count). The van der Waals surface area contributed by atoms with E-state index in [2.05, 4.69) is 50.4 Å². The van der Waals surface area contributed by atoms with Crippen molar-refractivity contribution in [3.8, 4) is 0 Å². The molecule has 0 saturated carbocycles. The third-order valence-electron chi connectivity index (χ3n) is 2.87. The second kappa shape index (κ2) is 7.26. The molecule has 1 aliphatic rings. The monoisotopic (exact) mass is 266 g/mol. The van der Waals surface area contributed by atoms with Crippen LogP contribution in [-0.4, -0.2) is 8.80 Å². The van der Waals surface area contributed by atoms with E-state index in [1.54, 1.807) is 11.1 Å². The Kier molecular flexibility index (Phi) is 8.29. The maximum Gasteiger partial charge on any atom is 2.00 e. The van der Waals surface area contributed by atoms with E-state index >= 15 is 0 Å². The summed E-state index contributed by atoms with van der Waals surface area (Å²) < 4.78 is 0. The summed E-state index contributed by atoms with van der Waals surface area (Å²) in [4.78, 5) is 0. The zero-order valence-electron chi connectivity index (χ0n) is 11.0. The van der Waals surface area contributed by atoms with Crippen molar-refractivity contribution in [1.82, 2.24) is 0 Å². The summed E-state index contributed by atoms with van der Waals surface area (Å²) in [5, 5.41) is 0. The first-order chi connectivity index (χ1) is 6.20. The standard InChI is InChI=1S/C12H16Si.2CH3.Ti/c1-9-8-10-6-4-5-7-11(10)12(9)13(2)3;;;/h4-8,12-13H,1-3H3;2*1H3;/q;2*-1;+2. The first kappa shape index (κ1) is 18.3. The minimum atomic E-state index is -0.586. The number of allylic oxidation sites excluding steroid dienone is 1. The molecular weight excluding hydrogens is 244 g/mol. The fourth-order valence-electron chi connectivity index (χ4n) is 2.39. The molecule has 0 fully saturated rings. The molecule has 0 aromatic heterocycles. The van der Waals surface area contributed by atoms with E-state index in [1.807, 2.05) is 0 Å². The Hall–Kier alpha value is -0.109. The first-order valence-corrected chi connectivity index (χ1v) is 7.95. The van der Waals surface area contributed by atoms with E-state index in [0.717, 1.165) is 5.54 Å². The van der Waals surface area contributed by atoms with Crippen molar-refractivity contribution in [3.05, 3.63) is 55.8 Å². The summed E-state index contributed by atoms with van der Waals surface area (Å²) >= 11 is 0. The zero-order valence-corrected chi connectivity index (χ0v) is 13.8. The molecule has 1 aromatic rings. The molecule has 0 aliphatic heterocycles. The van der Waals surface area contributed by atoms with Crippen molar-refractivity contribution in [3.63, 3.8) is 0 Å². The molecule has 0 heterocycles. The second-order valence-corrected chi connectivity index (χ2v) is 7.39. The summed E-state index contributed by atoms with van der Waals surface area (Å²) in [6.07, 6.45) is 2.35. The summed E-state index contributed by atoms with van der Waals surface area (Å²) in [5.74, 6) is 0. The van der Waals surface area contributed by atoms with E-state index < -0.39 is 8.80 Å². The van der Waals surface area contributed by atoms with Crippen LogP contribution in [0.4, 0.5) is 0 Å². The van der Waals surface area contributed by atoms with Gasteiger partial charge in [0.05, 0.1) is 0 Å². The van der Waals surface area contributed by atoms with Crippen molar-refractivity contribution in [2.45, 2.75) is 25.6 Å². The molecule has 16 heavy (non-hydrogen) atoms. The van der Waals surface area contributed by atoms with Gasteiger partial charge in [-0.2, -0.15) is 0 Å². The largest absolute Gasteiger partial charge is 2.00 e. The Morgan fingerprint density at radius 1 is 1.06 bits per heavy atom. The van der Waals surface area contributed by atoms with Crippen LogP contribution in [0.15, 0.2) is 29.8 Å². The van der Waals surface area contributed by atoms with Gasteiger partial charge < -0.3 is 14.9 Å². The first-order valence-electron chi connectivity index (χ1n) is 4.97. The molecule has 0 spiro atoms. The molecule has 1 aliphatic carbocycles. The van der Waals surface area contributed by atoms with Crippen LogP contribution in [0.5, 0.6) is 0 Å². The van der Waals surface area contributed by atoms with Gasteiger partial charge >= 0.3 is 21.7 Å². The van der Waals surface area contributed by atoms with Gasteiger partial charge in [-0.05, 0) is 23.6 Å². The van der Waals surface area contributed by atoms with Gasteiger partial charge in [0, 0.05) is 8.80 Å². The van der Waals surface area contributed by atoms with Gasteiger partial charge in [-0.1, -0.05) is 49.0 Å². The van der Waals surface area contributed by atoms with E-state index in [9.17, 15) is 0 Å². The van der Waals surface area contributed by atoms with Gasteiger partial charge in [0.2, 0.25) is 0 Å². The molecule has 0 radical (unpaired) electrons. The molecule has 0 nitrogen and oxygen atoms in total. The van der Waals surface area contributed by atoms with Crippen molar-refractivity contribution in [2.24, 2.45) is 0 Å². The van der Waals surface area contributed by atoms with Crippen LogP contribution in [0, 0.1) is 14.9 Å². The van der Waals surface area contributed by atoms with E-state index in [-0.39, 0.29) is 36.6 Å². The molecule has 1 aromatic carbocycles. The van der Waals surface area contributed by atoms with Crippen LogP contribution in [0.3, 0.4) is 0 Å². The summed E-state index contributed by atoms with van der Waals surface area (Å²) in [6, 6.07) is 8.82. The van der Waals surface area contributed by atoms with Crippen LogP contribution in [0.1, 0.15) is 23.6 Å². The number of hydrogen-bond acceptors (Lipinski definition) is 0. The smallest absolute Gasteiger partial charge is 0.358 e. The predicted octanol–water partition coefficient (Wildman–Crippen LogP) is 4.11. The number of hydrogen-bond donors (Lipinski definition) is 0. The molecule has 1 unspecified atom stereocenters. The Morgan fingerprint density at radius 2 is 1.62 bits per heavy atom. The third kappa shape index (κ3) is 3.19. The van der Waals surface area contributed by atoms with Crippen molar-refractivity contribution in [2.75, 3.05) is 0 Å². The third-order valence-corrected chi connectivity index (χ3v) is 5.09. The van der Waals surface area contributed by atoms with Gasteiger partial charge in [0.25, 0.3) is 0 Å². The second-order valence-electron chi connectivity index (χ2n) is 4.24. The molecule has 1 atom stereocenters. The summed E-state index contributed by atoms with van der Waals surface area (Å²) in [5.41, 5.74) is 5.38. The Morgan fingerprint density at radius 3 is 2.19 bits per heavy atom. The molecule has 86 valence electrons. The molecular formula is C14H22SiTi. The van der Waals surface area contributed by atoms with Crippen molar-refractivity contribution >= 4 is 14.9 Å². The number of rotatable bonds is 1. The maximum atomic E-state index is 2.43. The van der Waals surface area contributed by atoms with Crippen molar-refractivity contribution < 1.29 is 21.7 Å². The number of fused-ring (bicyclic) bond motifs is 1. The molecule has 2 heteroatoms. The van der Waals surface area contributed by atoms with E-state index in [1.165, 1.54) is 5.56 Å². The minimum absolute atomic E-state index is 0. The van der Waals surface area contributed by atoms with Crippen LogP contribution < -0.4 is 0 Å². The van der Waals surface area contributed by atoms with Crippen LogP contribution >= 0.6 is 0 Å². The van der Waals surface area contributed by atoms with Gasteiger partial charge in [0.1, 0.15) is 0 Å². The molecule has 0 bridgehead atoms. The van der Waals surface area contributed by atoms with Crippen molar-refractivity contribution in [1.29, 1.82) is 0 Å². The van der Waals surface area contributed by atoms with Crippen LogP contribution in [-0.2, 0) is 21.7 Å². The minimum Gasteiger partial charge on any atom is -0.358 e. The Bertz CT molecular complexity index is 356. The number of benzene rings is 1. The maximum absolute atomic E-state index is 2.43. The molecule has 0 saturated heterocycles. The molecule has 0 amide bonds. The van der Waals surface area contributed by atoms with E-state index in [4.69, 9.17) is 0 Å². The Labute approximate surface area is 118 Å². The van der Waals surface area contributed by atoms with Gasteiger partial charge in [0.15, 0.2) is 0 Å². The average molecular weight is 266 g/mol. The Balaban J connectivity index is 0. The topological polar surface area (TPSA) is 0 Å². The quantitative estimate of drug-likeness (QED) is 0.530. The summed E-state index contributed by atoms with van der Waals surface area (Å²) in [6.45, 7) is 7.14. The average Bonchev–Trinajstić information content (AvgIpc) is 2.39. The fourth-order valence-corrected chi connectivity index (χ4v) is 4.56. The van der Waals surface area contributed by atoms with Gasteiger partial charge in [-0.25, -0.2) is 0 Å². The van der Waals surface area contributed by atoms with Gasteiger partial charge in [-0.15, -0.1) is 0 Å². The SMILES string of the molecule is CC1=Cc2ccccc2C1[SiH](C)C.[CH3-].[CH3-].[Ti+2]. The normalized spacial score (nSPS) is 16.5. The van der Waals surface area contributed by atoms with Gasteiger partial charge in [-0.3, -0.25) is 0 Å². The summed E-state index contributed by atoms with van der Waals surface area (Å²) in [7, 11) is -0.586. The van der Waals surface area contributed by atoms with E-state index in [0.29, 0.717) is 0 Å². The van der Waals surface area contributed by atoms with Crippen LogP contribution in [0.25, 0.3) is 6.08 Å². The zero-order chi connectivity index (χ0) is 9.42. The van der Waals surface area contributed by atoms with Crippen LogP contribution in [0.2, 0.25) is 13.1 Å². The molecule has 0 N–H and O–H groups in total. The fraction of sp³-hybridized carbons (Fsp3) is 0.286. The predicted molar refractivity (Wildman–Crippen MR) is 74.5 cm³/mol.